The van der Waals surface area contributed by atoms with E-state index in [9.17, 15) is 4.79 Å². The van der Waals surface area contributed by atoms with Crippen LogP contribution in [-0.4, -0.2) is 29.7 Å². The van der Waals surface area contributed by atoms with Crippen LogP contribution >= 0.6 is 0 Å². The number of hydrogen-bond acceptors (Lipinski definition) is 4. The van der Waals surface area contributed by atoms with Crippen LogP contribution in [0.15, 0.2) is 6.20 Å². The van der Waals surface area contributed by atoms with Gasteiger partial charge < -0.3 is 15.2 Å². The lowest BCUT2D eigenvalue weighted by Crippen LogP contribution is -2.27. The largest absolute Gasteiger partial charge is 0.478 e. The third kappa shape index (κ3) is 1.91. The average molecular weight is 222 g/mol. The van der Waals surface area contributed by atoms with Gasteiger partial charge in [-0.15, -0.1) is 0 Å². The van der Waals surface area contributed by atoms with E-state index < -0.39 is 5.97 Å². The summed E-state index contributed by atoms with van der Waals surface area (Å²) < 4.78 is 5.06. The minimum atomic E-state index is -0.908. The Bertz CT molecular complexity index is 418. The highest BCUT2D eigenvalue weighted by Gasteiger charge is 2.20. The molecule has 0 aliphatic carbocycles. The highest BCUT2D eigenvalue weighted by atomic mass is 16.5. The van der Waals surface area contributed by atoms with Gasteiger partial charge in [-0.1, -0.05) is 0 Å². The minimum absolute atomic E-state index is 0.316. The summed E-state index contributed by atoms with van der Waals surface area (Å²) in [6.07, 6.45) is 2.16. The van der Waals surface area contributed by atoms with Gasteiger partial charge in [-0.2, -0.15) is 0 Å². The number of pyridine rings is 1. The Labute approximate surface area is 93.5 Å². The van der Waals surface area contributed by atoms with Crippen molar-refractivity contribution in [3.05, 3.63) is 28.6 Å². The number of carbonyl (C=O) groups is 1. The smallest absolute Gasteiger partial charge is 0.337 e. The van der Waals surface area contributed by atoms with Gasteiger partial charge in [0, 0.05) is 19.9 Å². The predicted octanol–water partition coefficient (Wildman–Crippen LogP) is 0.572. The second-order valence-electron chi connectivity index (χ2n) is 3.74. The number of methoxy groups -OCH3 is 1. The van der Waals surface area contributed by atoms with Gasteiger partial charge in [0.15, 0.2) is 0 Å². The number of hydrogen-bond donors (Lipinski definition) is 2. The first-order valence-corrected chi connectivity index (χ1v) is 5.16. The number of nitrogens with zero attached hydrogens (tertiary/aromatic N) is 1. The van der Waals surface area contributed by atoms with E-state index in [-0.39, 0.29) is 0 Å². The number of carboxylic acid groups (broad SMARTS) is 1. The van der Waals surface area contributed by atoms with Crippen LogP contribution in [0.5, 0.6) is 0 Å². The lowest BCUT2D eigenvalue weighted by atomic mass is 9.95. The van der Waals surface area contributed by atoms with E-state index in [1.54, 1.807) is 7.11 Å². The fraction of sp³-hybridized carbons (Fsp3) is 0.455. The van der Waals surface area contributed by atoms with E-state index in [1.807, 2.05) is 0 Å². The molecule has 2 N–H and O–H groups in total. The molecule has 5 nitrogen and oxygen atoms in total. The van der Waals surface area contributed by atoms with Crippen LogP contribution in [0.2, 0.25) is 0 Å². The molecule has 0 aromatic carbocycles. The van der Waals surface area contributed by atoms with Gasteiger partial charge in [0.2, 0.25) is 0 Å². The zero-order valence-corrected chi connectivity index (χ0v) is 9.12. The molecule has 0 spiro atoms. The molecule has 0 saturated carbocycles. The molecule has 1 aromatic rings. The summed E-state index contributed by atoms with van der Waals surface area (Å²) in [7, 11) is 1.61. The van der Waals surface area contributed by atoms with E-state index in [4.69, 9.17) is 9.84 Å². The Kier molecular flexibility index (Phi) is 3.17. The maximum Gasteiger partial charge on any atom is 0.337 e. The lowest BCUT2D eigenvalue weighted by molar-refractivity contribution is 0.0694. The molecule has 0 unspecified atom stereocenters. The summed E-state index contributed by atoms with van der Waals surface area (Å²) in [6, 6.07) is 0. The summed E-state index contributed by atoms with van der Waals surface area (Å²) in [5.74, 6) is -0.908. The molecule has 86 valence electrons. The lowest BCUT2D eigenvalue weighted by Gasteiger charge is -2.21. The third-order valence-electron chi connectivity index (χ3n) is 2.75. The predicted molar refractivity (Wildman–Crippen MR) is 57.3 cm³/mol. The van der Waals surface area contributed by atoms with Crippen LogP contribution in [0.3, 0.4) is 0 Å². The summed E-state index contributed by atoms with van der Waals surface area (Å²) >= 11 is 0. The number of ether oxygens (including phenoxy) is 1. The van der Waals surface area contributed by atoms with Crippen LogP contribution in [0.1, 0.15) is 27.2 Å². The van der Waals surface area contributed by atoms with E-state index in [0.717, 1.165) is 29.8 Å². The molecule has 1 aliphatic heterocycles. The number of aromatic nitrogens is 1. The molecule has 1 aromatic heterocycles. The number of carboxylic acids is 1. The Morgan fingerprint density at radius 3 is 3.12 bits per heavy atom. The Balaban J connectivity index is 2.50. The topological polar surface area (TPSA) is 71.5 Å². The second kappa shape index (κ2) is 4.59. The SMILES string of the molecule is COCc1ncc(C(=O)O)c2c1CNCC2. The fourth-order valence-electron chi connectivity index (χ4n) is 2.00. The fourth-order valence-corrected chi connectivity index (χ4v) is 2.00. The Morgan fingerprint density at radius 2 is 2.44 bits per heavy atom. The Hall–Kier alpha value is -1.46. The van der Waals surface area contributed by atoms with Crippen molar-refractivity contribution in [1.29, 1.82) is 0 Å². The molecular weight excluding hydrogens is 208 g/mol. The van der Waals surface area contributed by atoms with Crippen molar-refractivity contribution < 1.29 is 14.6 Å². The molecule has 0 bridgehead atoms. The summed E-state index contributed by atoms with van der Waals surface area (Å²) in [5, 5.41) is 12.3. The van der Waals surface area contributed by atoms with Crippen molar-refractivity contribution in [2.45, 2.75) is 19.6 Å². The van der Waals surface area contributed by atoms with Crippen LogP contribution in [0.4, 0.5) is 0 Å². The molecule has 0 atom stereocenters. The van der Waals surface area contributed by atoms with Gasteiger partial charge in [-0.25, -0.2) is 4.79 Å². The first kappa shape index (κ1) is 11.0. The molecule has 0 fully saturated rings. The van der Waals surface area contributed by atoms with E-state index in [1.165, 1.54) is 6.20 Å². The van der Waals surface area contributed by atoms with Crippen molar-refractivity contribution in [3.8, 4) is 0 Å². The van der Waals surface area contributed by atoms with Crippen molar-refractivity contribution in [1.82, 2.24) is 10.3 Å². The number of fused-ring (bicyclic) bond motifs is 1. The molecule has 0 radical (unpaired) electrons. The zero-order valence-electron chi connectivity index (χ0n) is 9.12. The summed E-state index contributed by atoms with van der Waals surface area (Å²) in [6.45, 7) is 1.90. The molecule has 5 heteroatoms. The van der Waals surface area contributed by atoms with Gasteiger partial charge in [-0.05, 0) is 24.1 Å². The molecule has 0 saturated heterocycles. The average Bonchev–Trinajstić information content (AvgIpc) is 2.29. The first-order valence-electron chi connectivity index (χ1n) is 5.16. The van der Waals surface area contributed by atoms with Crippen LogP contribution in [0, 0.1) is 0 Å². The number of aromatic carboxylic acids is 1. The van der Waals surface area contributed by atoms with E-state index in [0.29, 0.717) is 18.7 Å². The van der Waals surface area contributed by atoms with Gasteiger partial charge in [-0.3, -0.25) is 4.98 Å². The second-order valence-corrected chi connectivity index (χ2v) is 3.74. The maximum atomic E-state index is 11.1. The molecule has 16 heavy (non-hydrogen) atoms. The molecular formula is C11H14N2O3. The maximum absolute atomic E-state index is 11.1. The van der Waals surface area contributed by atoms with Crippen molar-refractivity contribution in [2.75, 3.05) is 13.7 Å². The van der Waals surface area contributed by atoms with Crippen LogP contribution in [0.25, 0.3) is 0 Å². The van der Waals surface area contributed by atoms with Crippen molar-refractivity contribution >= 4 is 5.97 Å². The highest BCUT2D eigenvalue weighted by Crippen LogP contribution is 2.21. The molecule has 1 aliphatic rings. The van der Waals surface area contributed by atoms with E-state index in [2.05, 4.69) is 10.3 Å². The first-order chi connectivity index (χ1) is 7.74. The van der Waals surface area contributed by atoms with Gasteiger partial charge in [0.25, 0.3) is 0 Å². The minimum Gasteiger partial charge on any atom is -0.478 e. The van der Waals surface area contributed by atoms with Gasteiger partial charge in [0.1, 0.15) is 0 Å². The molecule has 0 amide bonds. The number of rotatable bonds is 3. The number of nitrogens with one attached hydrogen (secondary N) is 1. The quantitative estimate of drug-likeness (QED) is 0.782. The molecule has 2 rings (SSSR count). The van der Waals surface area contributed by atoms with E-state index >= 15 is 0 Å². The van der Waals surface area contributed by atoms with Crippen LogP contribution in [-0.2, 0) is 24.3 Å². The molecule has 2 heterocycles. The third-order valence-corrected chi connectivity index (χ3v) is 2.75. The standard InChI is InChI=1S/C11H14N2O3/c1-16-6-10-8-4-12-3-2-7(8)9(5-13-10)11(14)15/h5,12H,2-4,6H2,1H3,(H,14,15). The normalized spacial score (nSPS) is 14.6. The highest BCUT2D eigenvalue weighted by molar-refractivity contribution is 5.89. The van der Waals surface area contributed by atoms with Crippen LogP contribution < -0.4 is 5.32 Å². The zero-order chi connectivity index (χ0) is 11.5. The van der Waals surface area contributed by atoms with Gasteiger partial charge in [0.05, 0.1) is 17.9 Å². The monoisotopic (exact) mass is 222 g/mol. The van der Waals surface area contributed by atoms with Crippen molar-refractivity contribution in [3.63, 3.8) is 0 Å². The summed E-state index contributed by atoms with van der Waals surface area (Å²) in [5.41, 5.74) is 3.02. The summed E-state index contributed by atoms with van der Waals surface area (Å²) in [4.78, 5) is 15.2. The Morgan fingerprint density at radius 1 is 1.62 bits per heavy atom. The van der Waals surface area contributed by atoms with Crippen molar-refractivity contribution in [2.24, 2.45) is 0 Å². The van der Waals surface area contributed by atoms with Gasteiger partial charge >= 0.3 is 5.97 Å².